The fourth-order valence-electron chi connectivity index (χ4n) is 2.65. The number of rotatable bonds is 6. The molecule has 0 N–H and O–H groups in total. The highest BCUT2D eigenvalue weighted by Crippen LogP contribution is 2.27. The molecule has 0 aromatic heterocycles. The number of amides is 1. The number of carbonyl (C=O) groups excluding carboxylic acids is 1. The molecule has 6 heteroatoms. The SMILES string of the molecule is COc1ccc(C(C)C(=O)N(C)C(C)c2cccc([N+](=O)[O-])c2)cc1. The lowest BCUT2D eigenvalue weighted by molar-refractivity contribution is -0.384. The fraction of sp³-hybridized carbons (Fsp3) is 0.316. The summed E-state index contributed by atoms with van der Waals surface area (Å²) in [5, 5.41) is 10.9. The smallest absolute Gasteiger partial charge is 0.269 e. The number of hydrogen-bond donors (Lipinski definition) is 0. The summed E-state index contributed by atoms with van der Waals surface area (Å²) in [6.07, 6.45) is 0. The van der Waals surface area contributed by atoms with Gasteiger partial charge in [0.25, 0.3) is 5.69 Å². The quantitative estimate of drug-likeness (QED) is 0.589. The van der Waals surface area contributed by atoms with E-state index in [0.717, 1.165) is 16.9 Å². The van der Waals surface area contributed by atoms with E-state index < -0.39 is 4.92 Å². The molecule has 0 bridgehead atoms. The molecule has 6 nitrogen and oxygen atoms in total. The van der Waals surface area contributed by atoms with Crippen LogP contribution in [-0.4, -0.2) is 29.9 Å². The molecule has 2 aromatic rings. The van der Waals surface area contributed by atoms with E-state index in [2.05, 4.69) is 0 Å². The van der Waals surface area contributed by atoms with Crippen molar-refractivity contribution >= 4 is 11.6 Å². The Hall–Kier alpha value is -2.89. The van der Waals surface area contributed by atoms with Gasteiger partial charge in [-0.1, -0.05) is 24.3 Å². The van der Waals surface area contributed by atoms with Gasteiger partial charge >= 0.3 is 0 Å². The number of methoxy groups -OCH3 is 1. The number of benzene rings is 2. The minimum Gasteiger partial charge on any atom is -0.497 e. The van der Waals surface area contributed by atoms with Crippen molar-refractivity contribution in [2.75, 3.05) is 14.2 Å². The van der Waals surface area contributed by atoms with Gasteiger partial charge in [-0.05, 0) is 37.1 Å². The maximum Gasteiger partial charge on any atom is 0.269 e. The zero-order valence-corrected chi connectivity index (χ0v) is 14.8. The van der Waals surface area contributed by atoms with E-state index in [9.17, 15) is 14.9 Å². The molecule has 0 saturated heterocycles. The fourth-order valence-corrected chi connectivity index (χ4v) is 2.65. The minimum atomic E-state index is -0.433. The predicted molar refractivity (Wildman–Crippen MR) is 95.7 cm³/mol. The third-order valence-corrected chi connectivity index (χ3v) is 4.48. The van der Waals surface area contributed by atoms with Crippen molar-refractivity contribution in [2.45, 2.75) is 25.8 Å². The largest absolute Gasteiger partial charge is 0.497 e. The summed E-state index contributed by atoms with van der Waals surface area (Å²) in [5.74, 6) is 0.364. The van der Waals surface area contributed by atoms with E-state index in [1.165, 1.54) is 12.1 Å². The van der Waals surface area contributed by atoms with Crippen LogP contribution < -0.4 is 4.74 Å². The molecule has 0 radical (unpaired) electrons. The molecular formula is C19H22N2O4. The zero-order valence-electron chi connectivity index (χ0n) is 14.8. The molecule has 2 atom stereocenters. The number of nitro benzene ring substituents is 1. The average molecular weight is 342 g/mol. The Kier molecular flexibility index (Phi) is 5.75. The number of non-ortho nitro benzene ring substituents is 1. The molecule has 2 unspecified atom stereocenters. The van der Waals surface area contributed by atoms with E-state index in [4.69, 9.17) is 4.74 Å². The number of likely N-dealkylation sites (N-methyl/N-ethyl adjacent to an activating group) is 1. The molecule has 0 heterocycles. The Labute approximate surface area is 147 Å². The summed E-state index contributed by atoms with van der Waals surface area (Å²) in [4.78, 5) is 24.9. The highest BCUT2D eigenvalue weighted by molar-refractivity contribution is 5.83. The molecule has 2 aromatic carbocycles. The molecule has 0 saturated carbocycles. The molecule has 0 fully saturated rings. The summed E-state index contributed by atoms with van der Waals surface area (Å²) in [6, 6.07) is 13.5. The van der Waals surface area contributed by atoms with Gasteiger partial charge < -0.3 is 9.64 Å². The highest BCUT2D eigenvalue weighted by atomic mass is 16.6. The number of nitrogens with zero attached hydrogens (tertiary/aromatic N) is 2. The number of carbonyl (C=O) groups is 1. The Bertz CT molecular complexity index is 758. The summed E-state index contributed by atoms with van der Waals surface area (Å²) in [7, 11) is 3.31. The second-order valence-corrected chi connectivity index (χ2v) is 5.97. The van der Waals surface area contributed by atoms with Gasteiger partial charge in [0.2, 0.25) is 5.91 Å². The van der Waals surface area contributed by atoms with E-state index in [0.29, 0.717) is 0 Å². The monoisotopic (exact) mass is 342 g/mol. The van der Waals surface area contributed by atoms with Crippen LogP contribution in [0.4, 0.5) is 5.69 Å². The van der Waals surface area contributed by atoms with Crippen molar-refractivity contribution in [3.63, 3.8) is 0 Å². The molecule has 2 rings (SSSR count). The van der Waals surface area contributed by atoms with Gasteiger partial charge in [-0.2, -0.15) is 0 Å². The number of hydrogen-bond acceptors (Lipinski definition) is 4. The van der Waals surface area contributed by atoms with E-state index in [1.54, 1.807) is 31.2 Å². The normalized spacial score (nSPS) is 13.0. The van der Waals surface area contributed by atoms with Crippen LogP contribution in [0.3, 0.4) is 0 Å². The minimum absolute atomic E-state index is 0.0217. The van der Waals surface area contributed by atoms with Crippen LogP contribution in [0.15, 0.2) is 48.5 Å². The summed E-state index contributed by atoms with van der Waals surface area (Å²) < 4.78 is 5.13. The first-order valence-corrected chi connectivity index (χ1v) is 8.00. The lowest BCUT2D eigenvalue weighted by atomic mass is 9.98. The summed E-state index contributed by atoms with van der Waals surface area (Å²) in [5.41, 5.74) is 1.64. The van der Waals surface area contributed by atoms with Crippen LogP contribution in [0.5, 0.6) is 5.75 Å². The van der Waals surface area contributed by atoms with Crippen molar-refractivity contribution in [1.29, 1.82) is 0 Å². The molecule has 0 spiro atoms. The maximum atomic E-state index is 12.8. The molecule has 132 valence electrons. The van der Waals surface area contributed by atoms with Crippen LogP contribution in [0.25, 0.3) is 0 Å². The zero-order chi connectivity index (χ0) is 18.6. The Morgan fingerprint density at radius 3 is 2.32 bits per heavy atom. The second-order valence-electron chi connectivity index (χ2n) is 5.97. The maximum absolute atomic E-state index is 12.8. The van der Waals surface area contributed by atoms with Crippen LogP contribution in [0, 0.1) is 10.1 Å². The van der Waals surface area contributed by atoms with Crippen LogP contribution in [0.2, 0.25) is 0 Å². The van der Waals surface area contributed by atoms with Crippen LogP contribution in [-0.2, 0) is 4.79 Å². The topological polar surface area (TPSA) is 72.7 Å². The molecule has 0 aliphatic heterocycles. The molecule has 25 heavy (non-hydrogen) atoms. The molecular weight excluding hydrogens is 320 g/mol. The van der Waals surface area contributed by atoms with Crippen molar-refractivity contribution in [1.82, 2.24) is 4.90 Å². The van der Waals surface area contributed by atoms with Crippen LogP contribution in [0.1, 0.15) is 36.9 Å². The van der Waals surface area contributed by atoms with Crippen LogP contribution >= 0.6 is 0 Å². The number of nitro groups is 1. The van der Waals surface area contributed by atoms with Gasteiger partial charge in [0.1, 0.15) is 5.75 Å². The summed E-state index contributed by atoms with van der Waals surface area (Å²) in [6.45, 7) is 3.71. The summed E-state index contributed by atoms with van der Waals surface area (Å²) >= 11 is 0. The third-order valence-electron chi connectivity index (χ3n) is 4.48. The first-order valence-electron chi connectivity index (χ1n) is 8.00. The Balaban J connectivity index is 2.17. The molecule has 1 amide bonds. The third kappa shape index (κ3) is 4.15. The second kappa shape index (κ2) is 7.79. The predicted octanol–water partition coefficient (Wildman–Crippen LogP) is 3.93. The van der Waals surface area contributed by atoms with Gasteiger partial charge in [0.05, 0.1) is 24.0 Å². The van der Waals surface area contributed by atoms with Crippen molar-refractivity contribution in [2.24, 2.45) is 0 Å². The van der Waals surface area contributed by atoms with Gasteiger partial charge in [-0.25, -0.2) is 0 Å². The lowest BCUT2D eigenvalue weighted by Gasteiger charge is -2.28. The van der Waals surface area contributed by atoms with Crippen molar-refractivity contribution < 1.29 is 14.5 Å². The van der Waals surface area contributed by atoms with Gasteiger partial charge in [-0.3, -0.25) is 14.9 Å². The molecule has 0 aliphatic carbocycles. The average Bonchev–Trinajstić information content (AvgIpc) is 2.65. The van der Waals surface area contributed by atoms with E-state index >= 15 is 0 Å². The van der Waals surface area contributed by atoms with Gasteiger partial charge in [0, 0.05) is 19.2 Å². The highest BCUT2D eigenvalue weighted by Gasteiger charge is 2.24. The molecule has 0 aliphatic rings. The first kappa shape index (κ1) is 18.4. The Morgan fingerprint density at radius 1 is 1.12 bits per heavy atom. The number of ether oxygens (including phenoxy) is 1. The van der Waals surface area contributed by atoms with Crippen molar-refractivity contribution in [3.8, 4) is 5.75 Å². The lowest BCUT2D eigenvalue weighted by Crippen LogP contribution is -2.33. The van der Waals surface area contributed by atoms with Gasteiger partial charge in [0.15, 0.2) is 0 Å². The first-order chi connectivity index (χ1) is 11.8. The van der Waals surface area contributed by atoms with Crippen molar-refractivity contribution in [3.05, 3.63) is 69.8 Å². The van der Waals surface area contributed by atoms with E-state index in [1.807, 2.05) is 38.1 Å². The standard InChI is InChI=1S/C19H22N2O4/c1-13(15-8-10-18(25-4)11-9-15)19(22)20(3)14(2)16-6-5-7-17(12-16)21(23)24/h5-14H,1-4H3. The van der Waals surface area contributed by atoms with Gasteiger partial charge in [-0.15, -0.1) is 0 Å². The Morgan fingerprint density at radius 2 is 1.76 bits per heavy atom. The van der Waals surface area contributed by atoms with E-state index in [-0.39, 0.29) is 23.6 Å².